The number of likely N-dealkylation sites (tertiary alicyclic amines) is 1. The summed E-state index contributed by atoms with van der Waals surface area (Å²) in [5.74, 6) is -0.287. The third-order valence-electron chi connectivity index (χ3n) is 3.69. The Hall–Kier alpha value is -1.35. The average Bonchev–Trinajstić information content (AvgIpc) is 2.89. The largest absolute Gasteiger partial charge is 0.469 e. The molecule has 1 aromatic rings. The number of esters is 1. The molecule has 0 amide bonds. The van der Waals surface area contributed by atoms with Crippen LogP contribution in [0, 0.1) is 6.92 Å². The molecule has 1 fully saturated rings. The molecule has 3 heteroatoms. The molecule has 18 heavy (non-hydrogen) atoms. The second-order valence-corrected chi connectivity index (χ2v) is 4.94. The van der Waals surface area contributed by atoms with E-state index in [-0.39, 0.29) is 11.9 Å². The summed E-state index contributed by atoms with van der Waals surface area (Å²) in [4.78, 5) is 14.4. The summed E-state index contributed by atoms with van der Waals surface area (Å²) in [7, 11) is 1.47. The second kappa shape index (κ2) is 6.01. The fourth-order valence-electron chi connectivity index (χ4n) is 2.64. The zero-order valence-corrected chi connectivity index (χ0v) is 11.2. The van der Waals surface area contributed by atoms with Gasteiger partial charge in [0.05, 0.1) is 13.0 Å². The number of ether oxygens (including phenoxy) is 1. The number of nitrogens with zero attached hydrogens (tertiary/aromatic N) is 1. The fourth-order valence-corrected chi connectivity index (χ4v) is 2.64. The molecular formula is C15H21NO2. The standard InChI is InChI=1S/C15H21NO2/c1-12-7-3-4-8-13(12)14(15(17)18-2)11-16-9-5-6-10-16/h3-4,7-8,14H,5-6,9-11H2,1-2H3. The van der Waals surface area contributed by atoms with Crippen LogP contribution in [0.1, 0.15) is 29.9 Å². The highest BCUT2D eigenvalue weighted by Gasteiger charge is 2.26. The van der Waals surface area contributed by atoms with Crippen molar-refractivity contribution < 1.29 is 9.53 Å². The first kappa shape index (κ1) is 13.1. The van der Waals surface area contributed by atoms with E-state index in [1.54, 1.807) is 0 Å². The van der Waals surface area contributed by atoms with Gasteiger partial charge in [0.15, 0.2) is 0 Å². The van der Waals surface area contributed by atoms with Crippen molar-refractivity contribution in [3.63, 3.8) is 0 Å². The van der Waals surface area contributed by atoms with Gasteiger partial charge in [0, 0.05) is 6.54 Å². The summed E-state index contributed by atoms with van der Waals surface area (Å²) in [5, 5.41) is 0. The monoisotopic (exact) mass is 247 g/mol. The van der Waals surface area contributed by atoms with Gasteiger partial charge in [-0.05, 0) is 44.0 Å². The van der Waals surface area contributed by atoms with Crippen molar-refractivity contribution in [2.24, 2.45) is 0 Å². The van der Waals surface area contributed by atoms with Gasteiger partial charge in [-0.1, -0.05) is 24.3 Å². The third-order valence-corrected chi connectivity index (χ3v) is 3.69. The first-order valence-electron chi connectivity index (χ1n) is 6.58. The van der Waals surface area contributed by atoms with Crippen molar-refractivity contribution in [2.45, 2.75) is 25.7 Å². The summed E-state index contributed by atoms with van der Waals surface area (Å²) in [6.07, 6.45) is 2.48. The predicted molar refractivity (Wildman–Crippen MR) is 71.6 cm³/mol. The molecular weight excluding hydrogens is 226 g/mol. The van der Waals surface area contributed by atoms with E-state index < -0.39 is 0 Å². The maximum atomic E-state index is 12.0. The maximum absolute atomic E-state index is 12.0. The fraction of sp³-hybridized carbons (Fsp3) is 0.533. The molecule has 2 rings (SSSR count). The van der Waals surface area contributed by atoms with Crippen LogP contribution in [0.3, 0.4) is 0 Å². The topological polar surface area (TPSA) is 29.5 Å². The summed E-state index contributed by atoms with van der Waals surface area (Å²) in [5.41, 5.74) is 2.25. The van der Waals surface area contributed by atoms with E-state index in [1.807, 2.05) is 18.2 Å². The van der Waals surface area contributed by atoms with Crippen LogP contribution >= 0.6 is 0 Å². The van der Waals surface area contributed by atoms with Gasteiger partial charge in [0.1, 0.15) is 0 Å². The van der Waals surface area contributed by atoms with Gasteiger partial charge in [0.25, 0.3) is 0 Å². The van der Waals surface area contributed by atoms with Crippen molar-refractivity contribution in [1.82, 2.24) is 4.90 Å². The highest BCUT2D eigenvalue weighted by molar-refractivity contribution is 5.78. The first-order chi connectivity index (χ1) is 8.72. The molecule has 1 aliphatic rings. The quantitative estimate of drug-likeness (QED) is 0.765. The minimum Gasteiger partial charge on any atom is -0.469 e. The van der Waals surface area contributed by atoms with Crippen molar-refractivity contribution in [1.29, 1.82) is 0 Å². The van der Waals surface area contributed by atoms with E-state index in [0.29, 0.717) is 0 Å². The molecule has 98 valence electrons. The van der Waals surface area contributed by atoms with Gasteiger partial charge in [-0.25, -0.2) is 0 Å². The van der Waals surface area contributed by atoms with E-state index in [1.165, 1.54) is 20.0 Å². The van der Waals surface area contributed by atoms with E-state index >= 15 is 0 Å². The molecule has 3 nitrogen and oxygen atoms in total. The number of carbonyl (C=O) groups is 1. The number of carbonyl (C=O) groups excluding carboxylic acids is 1. The van der Waals surface area contributed by atoms with Crippen LogP contribution in [0.15, 0.2) is 24.3 Å². The molecule has 0 aromatic heterocycles. The molecule has 0 aliphatic carbocycles. The lowest BCUT2D eigenvalue weighted by atomic mass is 9.94. The normalized spacial score (nSPS) is 17.7. The molecule has 1 unspecified atom stereocenters. The lowest BCUT2D eigenvalue weighted by Gasteiger charge is -2.23. The van der Waals surface area contributed by atoms with Gasteiger partial charge >= 0.3 is 5.97 Å². The summed E-state index contributed by atoms with van der Waals surface area (Å²) < 4.78 is 4.97. The van der Waals surface area contributed by atoms with Crippen LogP contribution < -0.4 is 0 Å². The van der Waals surface area contributed by atoms with Crippen molar-refractivity contribution >= 4 is 5.97 Å². The van der Waals surface area contributed by atoms with Crippen LogP contribution in [0.2, 0.25) is 0 Å². The summed E-state index contributed by atoms with van der Waals surface area (Å²) in [6.45, 7) is 5.02. The van der Waals surface area contributed by atoms with Crippen LogP contribution in [0.4, 0.5) is 0 Å². The number of benzene rings is 1. The van der Waals surface area contributed by atoms with Gasteiger partial charge in [-0.15, -0.1) is 0 Å². The molecule has 0 bridgehead atoms. The Balaban J connectivity index is 2.19. The Bertz CT molecular complexity index is 411. The summed E-state index contributed by atoms with van der Waals surface area (Å²) >= 11 is 0. The number of hydrogen-bond donors (Lipinski definition) is 0. The molecule has 0 saturated carbocycles. The smallest absolute Gasteiger partial charge is 0.314 e. The van der Waals surface area contributed by atoms with Gasteiger partial charge < -0.3 is 9.64 Å². The Morgan fingerprint density at radius 3 is 2.61 bits per heavy atom. The number of methoxy groups -OCH3 is 1. The molecule has 1 heterocycles. The van der Waals surface area contributed by atoms with E-state index in [4.69, 9.17) is 4.74 Å². The Morgan fingerprint density at radius 1 is 1.33 bits per heavy atom. The van der Waals surface area contributed by atoms with Crippen molar-refractivity contribution in [3.05, 3.63) is 35.4 Å². The predicted octanol–water partition coefficient (Wildman–Crippen LogP) is 2.35. The molecule has 1 aromatic carbocycles. The van der Waals surface area contributed by atoms with Crippen molar-refractivity contribution in [3.8, 4) is 0 Å². The Kier molecular flexibility index (Phi) is 4.37. The number of hydrogen-bond acceptors (Lipinski definition) is 3. The highest BCUT2D eigenvalue weighted by atomic mass is 16.5. The molecule has 1 aliphatic heterocycles. The van der Waals surface area contributed by atoms with E-state index in [9.17, 15) is 4.79 Å². The lowest BCUT2D eigenvalue weighted by molar-refractivity contribution is -0.142. The minimum absolute atomic E-state index is 0.129. The Morgan fingerprint density at radius 2 is 2.00 bits per heavy atom. The Labute approximate surface area is 109 Å². The van der Waals surface area contributed by atoms with Crippen LogP contribution in [0.5, 0.6) is 0 Å². The number of aryl methyl sites for hydroxylation is 1. The van der Waals surface area contributed by atoms with Gasteiger partial charge in [0.2, 0.25) is 0 Å². The average molecular weight is 247 g/mol. The van der Waals surface area contributed by atoms with Crippen LogP contribution in [0.25, 0.3) is 0 Å². The van der Waals surface area contributed by atoms with Crippen LogP contribution in [-0.4, -0.2) is 37.6 Å². The molecule has 0 N–H and O–H groups in total. The van der Waals surface area contributed by atoms with Crippen LogP contribution in [-0.2, 0) is 9.53 Å². The number of rotatable bonds is 4. The lowest BCUT2D eigenvalue weighted by Crippen LogP contribution is -2.30. The maximum Gasteiger partial charge on any atom is 0.314 e. The molecule has 0 radical (unpaired) electrons. The zero-order valence-electron chi connectivity index (χ0n) is 11.2. The second-order valence-electron chi connectivity index (χ2n) is 4.94. The SMILES string of the molecule is COC(=O)C(CN1CCCC1)c1ccccc1C. The highest BCUT2D eigenvalue weighted by Crippen LogP contribution is 2.24. The molecule has 1 saturated heterocycles. The van der Waals surface area contributed by atoms with Crippen molar-refractivity contribution in [2.75, 3.05) is 26.7 Å². The molecule has 0 spiro atoms. The van der Waals surface area contributed by atoms with E-state index in [2.05, 4.69) is 17.9 Å². The zero-order chi connectivity index (χ0) is 13.0. The first-order valence-corrected chi connectivity index (χ1v) is 6.58. The van der Waals surface area contributed by atoms with E-state index in [0.717, 1.165) is 30.8 Å². The third kappa shape index (κ3) is 2.91. The van der Waals surface area contributed by atoms with Gasteiger partial charge in [-0.2, -0.15) is 0 Å². The summed E-state index contributed by atoms with van der Waals surface area (Å²) in [6, 6.07) is 8.08. The van der Waals surface area contributed by atoms with Gasteiger partial charge in [-0.3, -0.25) is 4.79 Å². The molecule has 1 atom stereocenters. The minimum atomic E-state index is -0.158.